The van der Waals surface area contributed by atoms with E-state index < -0.39 is 5.97 Å². The molecule has 0 aromatic carbocycles. The van der Waals surface area contributed by atoms with Crippen molar-refractivity contribution in [3.05, 3.63) is 23.7 Å². The van der Waals surface area contributed by atoms with Crippen molar-refractivity contribution in [2.75, 3.05) is 26.3 Å². The first kappa shape index (κ1) is 12.7. The van der Waals surface area contributed by atoms with Crippen molar-refractivity contribution < 1.29 is 23.8 Å². The lowest BCUT2D eigenvalue weighted by Gasteiger charge is -2.37. The Morgan fingerprint density at radius 1 is 1.32 bits per heavy atom. The molecule has 6 heteroatoms. The minimum absolute atomic E-state index is 0.200. The summed E-state index contributed by atoms with van der Waals surface area (Å²) in [5.41, 5.74) is 0.200. The molecule has 0 saturated carbocycles. The van der Waals surface area contributed by atoms with Crippen LogP contribution in [0, 0.1) is 0 Å². The number of furan rings is 1. The number of ether oxygens (including phenoxy) is 2. The summed E-state index contributed by atoms with van der Waals surface area (Å²) in [5, 5.41) is 8.84. The summed E-state index contributed by atoms with van der Waals surface area (Å²) >= 11 is 0. The highest BCUT2D eigenvalue weighted by Gasteiger charge is 2.39. The molecule has 0 radical (unpaired) electrons. The molecule has 2 saturated heterocycles. The van der Waals surface area contributed by atoms with Crippen molar-refractivity contribution in [1.82, 2.24) is 4.90 Å². The Labute approximate surface area is 110 Å². The first-order valence-corrected chi connectivity index (χ1v) is 6.48. The number of rotatable bonds is 3. The monoisotopic (exact) mass is 267 g/mol. The average molecular weight is 267 g/mol. The molecule has 0 unspecified atom stereocenters. The van der Waals surface area contributed by atoms with Crippen LogP contribution >= 0.6 is 0 Å². The molecule has 2 fully saturated rings. The number of carbonyl (C=O) groups is 1. The Morgan fingerprint density at radius 3 is 2.58 bits per heavy atom. The Morgan fingerprint density at radius 2 is 2.00 bits per heavy atom. The van der Waals surface area contributed by atoms with E-state index >= 15 is 0 Å². The molecule has 2 aliphatic rings. The lowest BCUT2D eigenvalue weighted by molar-refractivity contribution is -0.186. The molecule has 1 N–H and O–H groups in total. The number of aromatic carboxylic acids is 1. The fraction of sp³-hybridized carbons (Fsp3) is 0.615. The third-order valence-electron chi connectivity index (χ3n) is 3.71. The Balaban J connectivity index is 1.55. The van der Waals surface area contributed by atoms with E-state index in [1.165, 1.54) is 6.26 Å². The third kappa shape index (κ3) is 2.65. The second kappa shape index (κ2) is 4.96. The second-order valence-corrected chi connectivity index (χ2v) is 4.99. The van der Waals surface area contributed by atoms with Gasteiger partial charge < -0.3 is 19.0 Å². The Kier molecular flexibility index (Phi) is 3.30. The molecule has 0 atom stereocenters. The molecule has 6 nitrogen and oxygen atoms in total. The Bertz CT molecular complexity index is 453. The highest BCUT2D eigenvalue weighted by atomic mass is 16.7. The van der Waals surface area contributed by atoms with Crippen LogP contribution in [0.25, 0.3) is 0 Å². The van der Waals surface area contributed by atoms with Crippen molar-refractivity contribution in [2.24, 2.45) is 0 Å². The number of hydrogen-bond donors (Lipinski definition) is 1. The largest absolute Gasteiger partial charge is 0.478 e. The molecule has 19 heavy (non-hydrogen) atoms. The molecular weight excluding hydrogens is 250 g/mol. The second-order valence-electron chi connectivity index (χ2n) is 4.99. The molecular formula is C13H17NO5. The highest BCUT2D eigenvalue weighted by Crippen LogP contribution is 2.31. The minimum atomic E-state index is -0.958. The minimum Gasteiger partial charge on any atom is -0.478 e. The lowest BCUT2D eigenvalue weighted by atomic mass is 10.0. The van der Waals surface area contributed by atoms with E-state index in [1.54, 1.807) is 6.07 Å². The fourth-order valence-electron chi connectivity index (χ4n) is 2.63. The first-order valence-electron chi connectivity index (χ1n) is 6.48. The first-order chi connectivity index (χ1) is 9.17. The van der Waals surface area contributed by atoms with Crippen molar-refractivity contribution >= 4 is 5.97 Å². The van der Waals surface area contributed by atoms with E-state index in [9.17, 15) is 4.79 Å². The zero-order chi connectivity index (χ0) is 13.3. The maximum atomic E-state index is 10.8. The van der Waals surface area contributed by atoms with Crippen LogP contribution in [0.1, 0.15) is 29.0 Å². The van der Waals surface area contributed by atoms with Gasteiger partial charge in [0.25, 0.3) is 0 Å². The SMILES string of the molecule is O=C(O)c1coc(CN2CCC3(CC2)OCCO3)c1. The van der Waals surface area contributed by atoms with Crippen molar-refractivity contribution in [1.29, 1.82) is 0 Å². The summed E-state index contributed by atoms with van der Waals surface area (Å²) < 4.78 is 16.6. The van der Waals surface area contributed by atoms with Crippen LogP contribution in [-0.4, -0.2) is 48.1 Å². The molecule has 1 aromatic heterocycles. The Hall–Kier alpha value is -1.37. The average Bonchev–Trinajstić information content (AvgIpc) is 3.02. The summed E-state index contributed by atoms with van der Waals surface area (Å²) in [6.45, 7) is 3.72. The quantitative estimate of drug-likeness (QED) is 0.890. The molecule has 2 aliphatic heterocycles. The number of piperidine rings is 1. The lowest BCUT2D eigenvalue weighted by Crippen LogP contribution is -2.44. The molecule has 104 valence electrons. The van der Waals surface area contributed by atoms with Gasteiger partial charge in [0.1, 0.15) is 12.0 Å². The maximum Gasteiger partial charge on any atom is 0.338 e. The summed E-state index contributed by atoms with van der Waals surface area (Å²) in [4.78, 5) is 13.0. The normalized spacial score (nSPS) is 22.9. The van der Waals surface area contributed by atoms with Crippen LogP contribution in [0.2, 0.25) is 0 Å². The van der Waals surface area contributed by atoms with E-state index in [-0.39, 0.29) is 11.4 Å². The van der Waals surface area contributed by atoms with Gasteiger partial charge in [-0.15, -0.1) is 0 Å². The molecule has 0 aliphatic carbocycles. The van der Waals surface area contributed by atoms with E-state index in [0.29, 0.717) is 25.5 Å². The predicted molar refractivity (Wildman–Crippen MR) is 64.8 cm³/mol. The van der Waals surface area contributed by atoms with Crippen LogP contribution in [-0.2, 0) is 16.0 Å². The summed E-state index contributed by atoms with van der Waals surface area (Å²) in [5.74, 6) is -0.645. The van der Waals surface area contributed by atoms with Gasteiger partial charge >= 0.3 is 5.97 Å². The van der Waals surface area contributed by atoms with Crippen molar-refractivity contribution in [2.45, 2.75) is 25.2 Å². The molecule has 3 rings (SSSR count). The highest BCUT2D eigenvalue weighted by molar-refractivity contribution is 5.87. The third-order valence-corrected chi connectivity index (χ3v) is 3.71. The summed E-state index contributed by atoms with van der Waals surface area (Å²) in [6.07, 6.45) is 2.98. The van der Waals surface area contributed by atoms with Gasteiger partial charge in [-0.3, -0.25) is 4.90 Å². The number of hydrogen-bond acceptors (Lipinski definition) is 5. The number of likely N-dealkylation sites (tertiary alicyclic amines) is 1. The van der Waals surface area contributed by atoms with Crippen LogP contribution in [0.3, 0.4) is 0 Å². The van der Waals surface area contributed by atoms with E-state index in [4.69, 9.17) is 19.0 Å². The zero-order valence-corrected chi connectivity index (χ0v) is 10.6. The van der Waals surface area contributed by atoms with Crippen LogP contribution < -0.4 is 0 Å². The zero-order valence-electron chi connectivity index (χ0n) is 10.6. The number of nitrogens with zero attached hydrogens (tertiary/aromatic N) is 1. The molecule has 3 heterocycles. The van der Waals surface area contributed by atoms with Gasteiger partial charge in [0.05, 0.1) is 25.3 Å². The smallest absolute Gasteiger partial charge is 0.338 e. The summed E-state index contributed by atoms with van der Waals surface area (Å²) in [6, 6.07) is 1.58. The predicted octanol–water partition coefficient (Wildman–Crippen LogP) is 1.32. The fourth-order valence-corrected chi connectivity index (χ4v) is 2.63. The van der Waals surface area contributed by atoms with Crippen LogP contribution in [0.5, 0.6) is 0 Å². The summed E-state index contributed by atoms with van der Waals surface area (Å²) in [7, 11) is 0. The van der Waals surface area contributed by atoms with Gasteiger partial charge in [0, 0.05) is 25.9 Å². The molecule has 0 amide bonds. The van der Waals surface area contributed by atoms with Crippen LogP contribution in [0.15, 0.2) is 16.7 Å². The molecule has 1 spiro atoms. The van der Waals surface area contributed by atoms with Gasteiger partial charge in [0.15, 0.2) is 5.79 Å². The maximum absolute atomic E-state index is 10.8. The van der Waals surface area contributed by atoms with Gasteiger partial charge in [-0.2, -0.15) is 0 Å². The van der Waals surface area contributed by atoms with Gasteiger partial charge in [-0.05, 0) is 6.07 Å². The van der Waals surface area contributed by atoms with Gasteiger partial charge in [0.2, 0.25) is 0 Å². The number of carboxylic acid groups (broad SMARTS) is 1. The van der Waals surface area contributed by atoms with Gasteiger partial charge in [-0.1, -0.05) is 0 Å². The molecule has 0 bridgehead atoms. The topological polar surface area (TPSA) is 72.1 Å². The standard InChI is InChI=1S/C13H17NO5/c15-12(16)10-7-11(17-9-10)8-14-3-1-13(2-4-14)18-5-6-19-13/h7,9H,1-6,8H2,(H,15,16). The molecule has 1 aromatic rings. The van der Waals surface area contributed by atoms with E-state index in [1.807, 2.05) is 0 Å². The van der Waals surface area contributed by atoms with Gasteiger partial charge in [-0.25, -0.2) is 4.79 Å². The van der Waals surface area contributed by atoms with E-state index in [0.717, 1.165) is 25.9 Å². The van der Waals surface area contributed by atoms with Crippen molar-refractivity contribution in [3.63, 3.8) is 0 Å². The number of carboxylic acids is 1. The van der Waals surface area contributed by atoms with Crippen molar-refractivity contribution in [3.8, 4) is 0 Å². The van der Waals surface area contributed by atoms with E-state index in [2.05, 4.69) is 4.90 Å². The van der Waals surface area contributed by atoms with Crippen LogP contribution in [0.4, 0.5) is 0 Å².